The molecule has 5 heteroatoms. The molecule has 0 unspecified atom stereocenters. The Hall–Kier alpha value is -0.810. The molecule has 19 heavy (non-hydrogen) atoms. The summed E-state index contributed by atoms with van der Waals surface area (Å²) in [5.41, 5.74) is 5.39. The van der Waals surface area contributed by atoms with Gasteiger partial charge in [0.05, 0.1) is 0 Å². The van der Waals surface area contributed by atoms with Crippen molar-refractivity contribution in [3.8, 4) is 0 Å². The molecule has 3 N–H and O–H groups in total. The second-order valence-electron chi connectivity index (χ2n) is 6.39. The first-order valence-corrected chi connectivity index (χ1v) is 7.16. The minimum Gasteiger partial charge on any atom is -0.465 e. The van der Waals surface area contributed by atoms with Gasteiger partial charge in [0.2, 0.25) is 0 Å². The fourth-order valence-electron chi connectivity index (χ4n) is 2.84. The normalized spacial score (nSPS) is 22.6. The van der Waals surface area contributed by atoms with Crippen molar-refractivity contribution in [2.24, 2.45) is 11.7 Å². The van der Waals surface area contributed by atoms with Gasteiger partial charge in [-0.1, -0.05) is 6.42 Å². The van der Waals surface area contributed by atoms with Gasteiger partial charge in [-0.25, -0.2) is 4.79 Å². The zero-order chi connectivity index (χ0) is 14.5. The molecule has 0 aromatic rings. The Balaban J connectivity index is 2.71. The number of amides is 1. The zero-order valence-corrected chi connectivity index (χ0v) is 12.4. The van der Waals surface area contributed by atoms with Gasteiger partial charge in [-0.15, -0.1) is 0 Å². The van der Waals surface area contributed by atoms with Crippen LogP contribution in [0.2, 0.25) is 0 Å². The quantitative estimate of drug-likeness (QED) is 0.823. The second-order valence-corrected chi connectivity index (χ2v) is 6.39. The van der Waals surface area contributed by atoms with Gasteiger partial charge in [0, 0.05) is 31.3 Å². The summed E-state index contributed by atoms with van der Waals surface area (Å²) < 4.78 is 5.57. The average molecular weight is 272 g/mol. The molecule has 0 spiro atoms. The summed E-state index contributed by atoms with van der Waals surface area (Å²) in [4.78, 5) is 13.0. The van der Waals surface area contributed by atoms with Gasteiger partial charge in [-0.3, -0.25) is 4.90 Å². The van der Waals surface area contributed by atoms with Crippen LogP contribution < -0.4 is 5.73 Å². The summed E-state index contributed by atoms with van der Waals surface area (Å²) in [6.07, 6.45) is 3.27. The molecule has 1 fully saturated rings. The number of nitrogens with two attached hydrogens (primary N) is 1. The van der Waals surface area contributed by atoms with Crippen molar-refractivity contribution in [3.63, 3.8) is 0 Å². The highest BCUT2D eigenvalue weighted by Gasteiger charge is 2.33. The van der Waals surface area contributed by atoms with Crippen LogP contribution in [0.3, 0.4) is 0 Å². The Morgan fingerprint density at radius 1 is 1.47 bits per heavy atom. The van der Waals surface area contributed by atoms with Crippen LogP contribution in [-0.2, 0) is 4.74 Å². The highest BCUT2D eigenvalue weighted by molar-refractivity contribution is 5.66. The zero-order valence-electron chi connectivity index (χ0n) is 12.4. The van der Waals surface area contributed by atoms with Gasteiger partial charge in [0.25, 0.3) is 0 Å². The highest BCUT2D eigenvalue weighted by Crippen LogP contribution is 2.25. The lowest BCUT2D eigenvalue weighted by atomic mass is 9.92. The molecule has 5 nitrogen and oxygen atoms in total. The van der Waals surface area contributed by atoms with E-state index in [1.54, 1.807) is 0 Å². The lowest BCUT2D eigenvalue weighted by molar-refractivity contribution is 0.0516. The topological polar surface area (TPSA) is 75.8 Å². The summed E-state index contributed by atoms with van der Waals surface area (Å²) in [5.74, 6) is 0.417. The fourth-order valence-corrected chi connectivity index (χ4v) is 2.84. The van der Waals surface area contributed by atoms with E-state index in [0.29, 0.717) is 12.5 Å². The predicted molar refractivity (Wildman–Crippen MR) is 75.2 cm³/mol. The summed E-state index contributed by atoms with van der Waals surface area (Å²) in [6.45, 7) is 7.65. The number of hydrogen-bond acceptors (Lipinski definition) is 3. The van der Waals surface area contributed by atoms with Gasteiger partial charge in [-0.2, -0.15) is 0 Å². The molecule has 0 aromatic heterocycles. The van der Waals surface area contributed by atoms with Crippen LogP contribution in [0, 0.1) is 5.92 Å². The molecule has 0 aromatic carbocycles. The van der Waals surface area contributed by atoms with Gasteiger partial charge in [-0.05, 0) is 46.0 Å². The van der Waals surface area contributed by atoms with Gasteiger partial charge >= 0.3 is 6.09 Å². The molecule has 1 heterocycles. The molecule has 1 amide bonds. The predicted octanol–water partition coefficient (Wildman–Crippen LogP) is 2.30. The van der Waals surface area contributed by atoms with Crippen LogP contribution in [0.1, 0.15) is 46.5 Å². The first kappa shape index (κ1) is 16.2. The smallest absolute Gasteiger partial charge is 0.408 e. The maximum atomic E-state index is 11.5. The summed E-state index contributed by atoms with van der Waals surface area (Å²) >= 11 is 0. The SMILES string of the molecule is CC(C)(C)N(C(=O)O)[C@H](CN)C[C@H]1CCCCOC1. The molecule has 1 aliphatic heterocycles. The largest absolute Gasteiger partial charge is 0.465 e. The number of nitrogens with zero attached hydrogens (tertiary/aromatic N) is 1. The molecule has 2 atom stereocenters. The van der Waals surface area contributed by atoms with E-state index in [9.17, 15) is 9.90 Å². The third kappa shape index (κ3) is 4.99. The van der Waals surface area contributed by atoms with Crippen molar-refractivity contribution in [1.82, 2.24) is 4.90 Å². The van der Waals surface area contributed by atoms with Crippen LogP contribution in [0.15, 0.2) is 0 Å². The maximum absolute atomic E-state index is 11.5. The molecule has 1 saturated heterocycles. The highest BCUT2D eigenvalue weighted by atomic mass is 16.5. The summed E-state index contributed by atoms with van der Waals surface area (Å²) in [5, 5.41) is 9.43. The minimum atomic E-state index is -0.891. The Morgan fingerprint density at radius 3 is 2.68 bits per heavy atom. The molecule has 0 radical (unpaired) electrons. The molecular formula is C14H28N2O3. The molecule has 0 saturated carbocycles. The number of hydrogen-bond donors (Lipinski definition) is 2. The summed E-state index contributed by atoms with van der Waals surface area (Å²) in [7, 11) is 0. The molecule has 0 bridgehead atoms. The van der Waals surface area contributed by atoms with Crippen LogP contribution in [0.5, 0.6) is 0 Å². The van der Waals surface area contributed by atoms with E-state index in [1.165, 1.54) is 4.90 Å². The molecule has 112 valence electrons. The van der Waals surface area contributed by atoms with Crippen LogP contribution in [-0.4, -0.2) is 47.4 Å². The Kier molecular flexibility index (Phi) is 6.07. The lowest BCUT2D eigenvalue weighted by Gasteiger charge is -2.40. The van der Waals surface area contributed by atoms with Crippen molar-refractivity contribution in [2.45, 2.75) is 58.0 Å². The number of rotatable bonds is 4. The van der Waals surface area contributed by atoms with E-state index in [1.807, 2.05) is 20.8 Å². The number of carboxylic acid groups (broad SMARTS) is 1. The molecular weight excluding hydrogens is 244 g/mol. The van der Waals surface area contributed by atoms with Gasteiger partial charge < -0.3 is 15.6 Å². The van der Waals surface area contributed by atoms with Crippen molar-refractivity contribution in [1.29, 1.82) is 0 Å². The van der Waals surface area contributed by atoms with Crippen LogP contribution >= 0.6 is 0 Å². The first-order chi connectivity index (χ1) is 8.86. The van der Waals surface area contributed by atoms with E-state index < -0.39 is 11.6 Å². The lowest BCUT2D eigenvalue weighted by Crippen LogP contribution is -2.54. The Morgan fingerprint density at radius 2 is 2.16 bits per heavy atom. The van der Waals surface area contributed by atoms with E-state index in [2.05, 4.69) is 0 Å². The van der Waals surface area contributed by atoms with E-state index in [0.717, 1.165) is 38.9 Å². The minimum absolute atomic E-state index is 0.135. The monoisotopic (exact) mass is 272 g/mol. The van der Waals surface area contributed by atoms with E-state index >= 15 is 0 Å². The molecule has 0 aliphatic carbocycles. The van der Waals surface area contributed by atoms with E-state index in [4.69, 9.17) is 10.5 Å². The Bertz CT molecular complexity index is 281. The van der Waals surface area contributed by atoms with Crippen molar-refractivity contribution >= 4 is 6.09 Å². The maximum Gasteiger partial charge on any atom is 0.408 e. The molecule has 1 aliphatic rings. The Labute approximate surface area is 116 Å². The van der Waals surface area contributed by atoms with Crippen molar-refractivity contribution in [2.75, 3.05) is 19.8 Å². The molecule has 1 rings (SSSR count). The third-order valence-electron chi connectivity index (χ3n) is 3.68. The summed E-state index contributed by atoms with van der Waals surface area (Å²) in [6, 6.07) is -0.135. The van der Waals surface area contributed by atoms with Crippen LogP contribution in [0.4, 0.5) is 4.79 Å². The average Bonchev–Trinajstić information content (AvgIpc) is 2.54. The van der Waals surface area contributed by atoms with Gasteiger partial charge in [0.1, 0.15) is 0 Å². The second kappa shape index (κ2) is 7.10. The van der Waals surface area contributed by atoms with Crippen molar-refractivity contribution < 1.29 is 14.6 Å². The number of carbonyl (C=O) groups is 1. The standard InChI is InChI=1S/C14H28N2O3/c1-14(2,3)16(13(17)18)12(9-15)8-11-6-4-5-7-19-10-11/h11-12H,4-10,15H2,1-3H3,(H,17,18)/t11-,12+/m1/s1. The van der Waals surface area contributed by atoms with E-state index in [-0.39, 0.29) is 6.04 Å². The van der Waals surface area contributed by atoms with Crippen LogP contribution in [0.25, 0.3) is 0 Å². The third-order valence-corrected chi connectivity index (χ3v) is 3.68. The number of ether oxygens (including phenoxy) is 1. The van der Waals surface area contributed by atoms with Gasteiger partial charge in [0.15, 0.2) is 0 Å². The van der Waals surface area contributed by atoms with Crippen molar-refractivity contribution in [3.05, 3.63) is 0 Å². The fraction of sp³-hybridized carbons (Fsp3) is 0.929. The first-order valence-electron chi connectivity index (χ1n) is 7.16.